The van der Waals surface area contributed by atoms with Crippen LogP contribution in [0.4, 0.5) is 18.0 Å². The molecule has 1 saturated carbocycles. The fourth-order valence-corrected chi connectivity index (χ4v) is 2.02. The summed E-state index contributed by atoms with van der Waals surface area (Å²) >= 11 is 0. The molecule has 1 heterocycles. The number of alkyl halides is 3. The zero-order valence-electron chi connectivity index (χ0n) is 10.3. The minimum absolute atomic E-state index is 0.108. The van der Waals surface area contributed by atoms with Crippen molar-refractivity contribution in [2.45, 2.75) is 31.4 Å². The third kappa shape index (κ3) is 2.82. The highest BCUT2D eigenvalue weighted by Crippen LogP contribution is 2.50. The second-order valence-electron chi connectivity index (χ2n) is 4.51. The van der Waals surface area contributed by atoms with Crippen molar-refractivity contribution >= 4 is 6.09 Å². The minimum Gasteiger partial charge on any atom is -0.450 e. The third-order valence-electron chi connectivity index (χ3n) is 3.19. The van der Waals surface area contributed by atoms with Crippen molar-refractivity contribution in [2.24, 2.45) is 0 Å². The van der Waals surface area contributed by atoms with Crippen LogP contribution in [0.15, 0.2) is 6.20 Å². The lowest BCUT2D eigenvalue weighted by Gasteiger charge is -2.17. The van der Waals surface area contributed by atoms with Gasteiger partial charge in [-0.25, -0.2) is 4.79 Å². The average Bonchev–Trinajstić information content (AvgIpc) is 2.92. The van der Waals surface area contributed by atoms with E-state index < -0.39 is 23.4 Å². The summed E-state index contributed by atoms with van der Waals surface area (Å²) in [7, 11) is 0. The standard InChI is InChI=1S/C11H14F3N3O2/c1-2-19-9(18)15-6-10(3-4-10)7-5-16-17-8(7)11(12,13)14/h5H,2-4,6H2,1H3,(H,15,18)(H,16,17). The number of hydrogen-bond donors (Lipinski definition) is 2. The molecule has 8 heteroatoms. The first-order chi connectivity index (χ1) is 8.89. The molecule has 0 bridgehead atoms. The van der Waals surface area contributed by atoms with Gasteiger partial charge in [-0.2, -0.15) is 18.3 Å². The van der Waals surface area contributed by atoms with Crippen LogP contribution in [-0.2, 0) is 16.3 Å². The van der Waals surface area contributed by atoms with E-state index in [1.165, 1.54) is 6.20 Å². The van der Waals surface area contributed by atoms with Gasteiger partial charge < -0.3 is 10.1 Å². The Hall–Kier alpha value is -1.73. The number of nitrogens with zero attached hydrogens (tertiary/aromatic N) is 1. The number of aromatic amines is 1. The van der Waals surface area contributed by atoms with Crippen molar-refractivity contribution in [2.75, 3.05) is 13.2 Å². The number of carbonyl (C=O) groups excluding carboxylic acids is 1. The van der Waals surface area contributed by atoms with E-state index in [1.807, 2.05) is 5.10 Å². The van der Waals surface area contributed by atoms with E-state index in [2.05, 4.69) is 15.2 Å². The maximum absolute atomic E-state index is 12.8. The summed E-state index contributed by atoms with van der Waals surface area (Å²) in [6.45, 7) is 2.00. The molecule has 2 rings (SSSR count). The van der Waals surface area contributed by atoms with Crippen molar-refractivity contribution in [3.63, 3.8) is 0 Å². The van der Waals surface area contributed by atoms with Crippen molar-refractivity contribution in [3.8, 4) is 0 Å². The SMILES string of the molecule is CCOC(=O)NCC1(c2cn[nH]c2C(F)(F)F)CC1. The molecule has 1 aromatic rings. The zero-order chi connectivity index (χ0) is 14.1. The van der Waals surface area contributed by atoms with Crippen molar-refractivity contribution in [1.82, 2.24) is 15.5 Å². The highest BCUT2D eigenvalue weighted by molar-refractivity contribution is 5.67. The first kappa shape index (κ1) is 13.7. The van der Waals surface area contributed by atoms with E-state index in [0.717, 1.165) is 0 Å². The van der Waals surface area contributed by atoms with Gasteiger partial charge in [0.2, 0.25) is 0 Å². The number of H-pyrrole nitrogens is 1. The Kier molecular flexibility index (Phi) is 3.42. The van der Waals surface area contributed by atoms with Gasteiger partial charge in [-0.15, -0.1) is 0 Å². The topological polar surface area (TPSA) is 67.0 Å². The van der Waals surface area contributed by atoms with Crippen LogP contribution in [0.25, 0.3) is 0 Å². The summed E-state index contributed by atoms with van der Waals surface area (Å²) in [4.78, 5) is 11.2. The lowest BCUT2D eigenvalue weighted by molar-refractivity contribution is -0.142. The summed E-state index contributed by atoms with van der Waals surface area (Å²) in [6.07, 6.45) is -2.73. The number of amides is 1. The molecule has 1 aliphatic carbocycles. The van der Waals surface area contributed by atoms with E-state index in [4.69, 9.17) is 0 Å². The number of alkyl carbamates (subject to hydrolysis) is 1. The maximum Gasteiger partial charge on any atom is 0.433 e. The molecule has 0 atom stereocenters. The van der Waals surface area contributed by atoms with Crippen LogP contribution in [0.5, 0.6) is 0 Å². The summed E-state index contributed by atoms with van der Waals surface area (Å²) in [5.74, 6) is 0. The largest absolute Gasteiger partial charge is 0.450 e. The fraction of sp³-hybridized carbons (Fsp3) is 0.636. The smallest absolute Gasteiger partial charge is 0.433 e. The van der Waals surface area contributed by atoms with E-state index in [1.54, 1.807) is 6.92 Å². The number of hydrogen-bond acceptors (Lipinski definition) is 3. The molecule has 1 amide bonds. The second kappa shape index (κ2) is 4.75. The number of nitrogens with one attached hydrogen (secondary N) is 2. The zero-order valence-corrected chi connectivity index (χ0v) is 10.3. The van der Waals surface area contributed by atoms with Crippen LogP contribution in [0.3, 0.4) is 0 Å². The lowest BCUT2D eigenvalue weighted by atomic mass is 9.96. The number of carbonyl (C=O) groups is 1. The highest BCUT2D eigenvalue weighted by Gasteiger charge is 2.50. The molecular weight excluding hydrogens is 263 g/mol. The molecule has 0 spiro atoms. The van der Waals surface area contributed by atoms with Gasteiger partial charge in [0, 0.05) is 17.5 Å². The summed E-state index contributed by atoms with van der Waals surface area (Å²) in [6, 6.07) is 0. The molecular formula is C11H14F3N3O2. The predicted octanol–water partition coefficient (Wildman–Crippen LogP) is 2.21. The molecule has 0 aromatic carbocycles. The van der Waals surface area contributed by atoms with Gasteiger partial charge in [0.1, 0.15) is 5.69 Å². The second-order valence-corrected chi connectivity index (χ2v) is 4.51. The van der Waals surface area contributed by atoms with Crippen LogP contribution in [0, 0.1) is 0 Å². The molecule has 0 saturated heterocycles. The Bertz CT molecular complexity index is 466. The van der Waals surface area contributed by atoms with Gasteiger partial charge in [-0.1, -0.05) is 0 Å². The van der Waals surface area contributed by atoms with Crippen LogP contribution in [-0.4, -0.2) is 29.4 Å². The van der Waals surface area contributed by atoms with E-state index in [0.29, 0.717) is 12.8 Å². The number of rotatable bonds is 4. The van der Waals surface area contributed by atoms with E-state index >= 15 is 0 Å². The number of halogens is 3. The van der Waals surface area contributed by atoms with Crippen molar-refractivity contribution < 1.29 is 22.7 Å². The molecule has 1 fully saturated rings. The van der Waals surface area contributed by atoms with Crippen LogP contribution in [0.1, 0.15) is 31.0 Å². The first-order valence-electron chi connectivity index (χ1n) is 5.91. The minimum atomic E-state index is -4.47. The number of aromatic nitrogens is 2. The number of ether oxygens (including phenoxy) is 1. The normalized spacial score (nSPS) is 17.1. The molecule has 2 N–H and O–H groups in total. The Morgan fingerprint density at radius 3 is 2.79 bits per heavy atom. The predicted molar refractivity (Wildman–Crippen MR) is 59.5 cm³/mol. The average molecular weight is 277 g/mol. The van der Waals surface area contributed by atoms with Crippen LogP contribution in [0.2, 0.25) is 0 Å². The maximum atomic E-state index is 12.8. The van der Waals surface area contributed by atoms with Gasteiger partial charge in [0.15, 0.2) is 0 Å². The molecule has 1 aliphatic rings. The Balaban J connectivity index is 2.09. The Morgan fingerprint density at radius 1 is 1.58 bits per heavy atom. The summed E-state index contributed by atoms with van der Waals surface area (Å²) < 4.78 is 43.0. The Morgan fingerprint density at radius 2 is 2.26 bits per heavy atom. The van der Waals surface area contributed by atoms with Gasteiger partial charge >= 0.3 is 12.3 Å². The van der Waals surface area contributed by atoms with Crippen molar-refractivity contribution in [3.05, 3.63) is 17.5 Å². The summed E-state index contributed by atoms with van der Waals surface area (Å²) in [5, 5.41) is 7.94. The molecule has 1 aromatic heterocycles. The van der Waals surface area contributed by atoms with Gasteiger partial charge in [-0.3, -0.25) is 5.10 Å². The van der Waals surface area contributed by atoms with Crippen LogP contribution < -0.4 is 5.32 Å². The summed E-state index contributed by atoms with van der Waals surface area (Å²) in [5.41, 5.74) is -1.41. The Labute approximate surface area is 107 Å². The third-order valence-corrected chi connectivity index (χ3v) is 3.19. The molecule has 19 heavy (non-hydrogen) atoms. The highest BCUT2D eigenvalue weighted by atomic mass is 19.4. The quantitative estimate of drug-likeness (QED) is 0.886. The van der Waals surface area contributed by atoms with E-state index in [-0.39, 0.29) is 18.7 Å². The van der Waals surface area contributed by atoms with Gasteiger partial charge in [-0.05, 0) is 19.8 Å². The monoisotopic (exact) mass is 277 g/mol. The first-order valence-corrected chi connectivity index (χ1v) is 5.91. The molecule has 0 unspecified atom stereocenters. The molecule has 0 aliphatic heterocycles. The lowest BCUT2D eigenvalue weighted by Crippen LogP contribution is -2.33. The van der Waals surface area contributed by atoms with Gasteiger partial charge in [0.25, 0.3) is 0 Å². The van der Waals surface area contributed by atoms with E-state index in [9.17, 15) is 18.0 Å². The fourth-order valence-electron chi connectivity index (χ4n) is 2.02. The van der Waals surface area contributed by atoms with Gasteiger partial charge in [0.05, 0.1) is 12.8 Å². The van der Waals surface area contributed by atoms with Crippen LogP contribution >= 0.6 is 0 Å². The van der Waals surface area contributed by atoms with Crippen molar-refractivity contribution in [1.29, 1.82) is 0 Å². The molecule has 106 valence electrons. The molecule has 0 radical (unpaired) electrons. The molecule has 5 nitrogen and oxygen atoms in total.